The van der Waals surface area contributed by atoms with E-state index in [9.17, 15) is 13.2 Å². The van der Waals surface area contributed by atoms with Crippen LogP contribution in [0.3, 0.4) is 0 Å². The van der Waals surface area contributed by atoms with Crippen LogP contribution >= 0.6 is 0 Å². The van der Waals surface area contributed by atoms with Gasteiger partial charge in [-0.15, -0.1) is 0 Å². The molecular formula is C8H13F3N2. The lowest BCUT2D eigenvalue weighted by atomic mass is 10.4. The second kappa shape index (κ2) is 3.13. The SMILES string of the molecule is FC(F)(F)N1CCN(CC2CC2)C1. The number of hydrogen-bond acceptors (Lipinski definition) is 2. The fourth-order valence-electron chi connectivity index (χ4n) is 1.67. The van der Waals surface area contributed by atoms with Gasteiger partial charge in [0.1, 0.15) is 0 Å². The van der Waals surface area contributed by atoms with Gasteiger partial charge in [-0.25, -0.2) is 0 Å². The van der Waals surface area contributed by atoms with Gasteiger partial charge < -0.3 is 0 Å². The van der Waals surface area contributed by atoms with E-state index in [-0.39, 0.29) is 13.2 Å². The third kappa shape index (κ3) is 2.34. The van der Waals surface area contributed by atoms with E-state index in [0.717, 1.165) is 6.54 Å². The molecule has 1 aliphatic carbocycles. The summed E-state index contributed by atoms with van der Waals surface area (Å²) in [6.07, 6.45) is -1.75. The standard InChI is InChI=1S/C8H13F3N2/c9-8(10,11)13-4-3-12(6-13)5-7-1-2-7/h7H,1-6H2. The van der Waals surface area contributed by atoms with Crippen LogP contribution < -0.4 is 0 Å². The quantitative estimate of drug-likeness (QED) is 0.614. The summed E-state index contributed by atoms with van der Waals surface area (Å²) in [6, 6.07) is 0. The van der Waals surface area contributed by atoms with E-state index in [2.05, 4.69) is 0 Å². The van der Waals surface area contributed by atoms with Crippen molar-refractivity contribution in [3.05, 3.63) is 0 Å². The van der Waals surface area contributed by atoms with E-state index < -0.39 is 6.30 Å². The summed E-state index contributed by atoms with van der Waals surface area (Å²) >= 11 is 0. The average Bonchev–Trinajstić information content (AvgIpc) is 2.63. The molecule has 1 saturated carbocycles. The normalized spacial score (nSPS) is 27.0. The molecule has 1 aliphatic heterocycles. The van der Waals surface area contributed by atoms with Crippen molar-refractivity contribution >= 4 is 0 Å². The number of halogens is 3. The molecule has 1 saturated heterocycles. The molecular weight excluding hydrogens is 181 g/mol. The Kier molecular flexibility index (Phi) is 2.23. The van der Waals surface area contributed by atoms with Gasteiger partial charge in [0, 0.05) is 19.6 Å². The molecule has 0 aromatic carbocycles. The minimum atomic E-state index is -4.14. The van der Waals surface area contributed by atoms with Gasteiger partial charge >= 0.3 is 6.30 Å². The summed E-state index contributed by atoms with van der Waals surface area (Å²) in [4.78, 5) is 2.47. The highest BCUT2D eigenvalue weighted by atomic mass is 19.4. The minimum Gasteiger partial charge on any atom is -0.289 e. The third-order valence-electron chi connectivity index (χ3n) is 2.63. The molecule has 2 rings (SSSR count). The second-order valence-corrected chi connectivity index (χ2v) is 3.89. The van der Waals surface area contributed by atoms with E-state index in [1.807, 2.05) is 4.90 Å². The molecule has 2 fully saturated rings. The maximum Gasteiger partial charge on any atom is 0.461 e. The Morgan fingerprint density at radius 2 is 1.85 bits per heavy atom. The highest BCUT2D eigenvalue weighted by Gasteiger charge is 2.41. The summed E-state index contributed by atoms with van der Waals surface area (Å²) in [7, 11) is 0. The molecule has 0 radical (unpaired) electrons. The van der Waals surface area contributed by atoms with Gasteiger partial charge in [0.05, 0.1) is 6.67 Å². The topological polar surface area (TPSA) is 6.48 Å². The molecule has 1 heterocycles. The van der Waals surface area contributed by atoms with Crippen LogP contribution in [0.15, 0.2) is 0 Å². The van der Waals surface area contributed by atoms with Crippen LogP contribution in [0.25, 0.3) is 0 Å². The van der Waals surface area contributed by atoms with Crippen molar-refractivity contribution in [2.75, 3.05) is 26.3 Å². The molecule has 0 bridgehead atoms. The highest BCUT2D eigenvalue weighted by Crippen LogP contribution is 2.31. The fourth-order valence-corrected chi connectivity index (χ4v) is 1.67. The van der Waals surface area contributed by atoms with Gasteiger partial charge in [-0.05, 0) is 18.8 Å². The molecule has 0 amide bonds. The minimum absolute atomic E-state index is 0.0694. The number of nitrogens with zero attached hydrogens (tertiary/aromatic N) is 2. The van der Waals surface area contributed by atoms with E-state index >= 15 is 0 Å². The summed E-state index contributed by atoms with van der Waals surface area (Å²) in [6.45, 7) is 1.62. The Labute approximate surface area is 75.3 Å². The summed E-state index contributed by atoms with van der Waals surface area (Å²) < 4.78 is 36.6. The van der Waals surface area contributed by atoms with Crippen molar-refractivity contribution in [3.63, 3.8) is 0 Å². The first kappa shape index (κ1) is 9.27. The molecule has 2 nitrogen and oxygen atoms in total. The van der Waals surface area contributed by atoms with Gasteiger partial charge in [0.2, 0.25) is 0 Å². The smallest absolute Gasteiger partial charge is 0.289 e. The van der Waals surface area contributed by atoms with E-state index in [4.69, 9.17) is 0 Å². The largest absolute Gasteiger partial charge is 0.461 e. The molecule has 0 spiro atoms. The van der Waals surface area contributed by atoms with Crippen molar-refractivity contribution in [2.45, 2.75) is 19.1 Å². The van der Waals surface area contributed by atoms with Crippen molar-refractivity contribution in [2.24, 2.45) is 5.92 Å². The van der Waals surface area contributed by atoms with Crippen LogP contribution in [0, 0.1) is 5.92 Å². The lowest BCUT2D eigenvalue weighted by Crippen LogP contribution is -2.37. The van der Waals surface area contributed by atoms with Crippen molar-refractivity contribution in [1.29, 1.82) is 0 Å². The number of alkyl halides is 3. The van der Waals surface area contributed by atoms with Gasteiger partial charge in [-0.1, -0.05) is 0 Å². The van der Waals surface area contributed by atoms with Crippen molar-refractivity contribution in [1.82, 2.24) is 9.80 Å². The Bertz CT molecular complexity index is 188. The van der Waals surface area contributed by atoms with E-state index in [1.54, 1.807) is 0 Å². The average molecular weight is 194 g/mol. The van der Waals surface area contributed by atoms with E-state index in [0.29, 0.717) is 17.4 Å². The zero-order valence-electron chi connectivity index (χ0n) is 7.35. The van der Waals surface area contributed by atoms with Crippen LogP contribution in [-0.4, -0.2) is 42.4 Å². The highest BCUT2D eigenvalue weighted by molar-refractivity contribution is 4.81. The van der Waals surface area contributed by atoms with Gasteiger partial charge in [-0.2, -0.15) is 18.1 Å². The van der Waals surface area contributed by atoms with Crippen molar-refractivity contribution in [3.8, 4) is 0 Å². The molecule has 2 aliphatic rings. The monoisotopic (exact) mass is 194 g/mol. The van der Waals surface area contributed by atoms with Crippen LogP contribution in [0.1, 0.15) is 12.8 Å². The van der Waals surface area contributed by atoms with E-state index in [1.165, 1.54) is 12.8 Å². The molecule has 13 heavy (non-hydrogen) atoms. The predicted octanol–water partition coefficient (Wildman–Crippen LogP) is 1.49. The Morgan fingerprint density at radius 1 is 1.15 bits per heavy atom. The lowest BCUT2D eigenvalue weighted by Gasteiger charge is -2.19. The lowest BCUT2D eigenvalue weighted by molar-refractivity contribution is -0.241. The number of rotatable bonds is 2. The second-order valence-electron chi connectivity index (χ2n) is 3.89. The maximum absolute atomic E-state index is 12.2. The first-order valence-electron chi connectivity index (χ1n) is 4.60. The molecule has 0 N–H and O–H groups in total. The Balaban J connectivity index is 1.79. The fraction of sp³-hybridized carbons (Fsp3) is 1.00. The molecule has 5 heteroatoms. The Hall–Kier alpha value is -0.290. The molecule has 0 atom stereocenters. The zero-order chi connectivity index (χ0) is 9.47. The first-order valence-corrected chi connectivity index (χ1v) is 4.60. The molecule has 76 valence electrons. The predicted molar refractivity (Wildman–Crippen MR) is 41.9 cm³/mol. The molecule has 0 aromatic rings. The summed E-state index contributed by atoms with van der Waals surface area (Å²) in [5.74, 6) is 0.674. The maximum atomic E-state index is 12.2. The third-order valence-corrected chi connectivity index (χ3v) is 2.63. The van der Waals surface area contributed by atoms with Crippen LogP contribution in [0.2, 0.25) is 0 Å². The van der Waals surface area contributed by atoms with Crippen molar-refractivity contribution < 1.29 is 13.2 Å². The number of hydrogen-bond donors (Lipinski definition) is 0. The van der Waals surface area contributed by atoms with Gasteiger partial charge in [-0.3, -0.25) is 4.90 Å². The first-order chi connectivity index (χ1) is 6.05. The summed E-state index contributed by atoms with van der Waals surface area (Å²) in [5, 5.41) is 0. The van der Waals surface area contributed by atoms with Crippen LogP contribution in [0.5, 0.6) is 0 Å². The molecule has 0 aromatic heterocycles. The zero-order valence-corrected chi connectivity index (χ0v) is 7.35. The van der Waals surface area contributed by atoms with Crippen LogP contribution in [-0.2, 0) is 0 Å². The van der Waals surface area contributed by atoms with Gasteiger partial charge in [0.25, 0.3) is 0 Å². The van der Waals surface area contributed by atoms with Gasteiger partial charge in [0.15, 0.2) is 0 Å². The van der Waals surface area contributed by atoms with Crippen LogP contribution in [0.4, 0.5) is 13.2 Å². The summed E-state index contributed by atoms with van der Waals surface area (Å²) in [5.41, 5.74) is 0. The molecule has 0 unspecified atom stereocenters. The Morgan fingerprint density at radius 3 is 2.31 bits per heavy atom.